The number of nitrogens with zero attached hydrogens (tertiary/aromatic N) is 2. The number of carbonyl (C=O) groups is 1. The highest BCUT2D eigenvalue weighted by Crippen LogP contribution is 2.36. The van der Waals surface area contributed by atoms with Gasteiger partial charge in [-0.3, -0.25) is 10.1 Å². The molecule has 0 unspecified atom stereocenters. The number of nitro benzene ring substituents is 1. The van der Waals surface area contributed by atoms with Crippen LogP contribution < -0.4 is 4.90 Å². The standard InChI is InChI=1S/C13H15ClN2O5/c1-15(8-2-4-21-5-3-8)12-10(13(17)18)6-9(16(19)20)7-11(12)14/h6-8H,2-5H2,1H3,(H,17,18). The fourth-order valence-electron chi connectivity index (χ4n) is 2.47. The molecule has 0 radical (unpaired) electrons. The Morgan fingerprint density at radius 1 is 1.48 bits per heavy atom. The average molecular weight is 315 g/mol. The minimum absolute atomic E-state index is 0.0654. The van der Waals surface area contributed by atoms with E-state index in [4.69, 9.17) is 16.3 Å². The van der Waals surface area contributed by atoms with E-state index in [0.717, 1.165) is 18.9 Å². The first-order valence-electron chi connectivity index (χ1n) is 6.43. The van der Waals surface area contributed by atoms with Gasteiger partial charge in [0.2, 0.25) is 0 Å². The van der Waals surface area contributed by atoms with E-state index in [1.165, 1.54) is 6.07 Å². The van der Waals surface area contributed by atoms with Gasteiger partial charge in [0, 0.05) is 38.4 Å². The molecule has 1 aromatic rings. The molecular weight excluding hydrogens is 300 g/mol. The number of hydrogen-bond donors (Lipinski definition) is 1. The number of carboxylic acids is 1. The normalized spacial score (nSPS) is 15.7. The van der Waals surface area contributed by atoms with E-state index in [2.05, 4.69) is 0 Å². The van der Waals surface area contributed by atoms with Gasteiger partial charge in [0.05, 0.1) is 21.2 Å². The lowest BCUT2D eigenvalue weighted by molar-refractivity contribution is -0.384. The number of carboxylic acid groups (broad SMARTS) is 1. The van der Waals surface area contributed by atoms with Crippen molar-refractivity contribution < 1.29 is 19.6 Å². The molecule has 0 atom stereocenters. The largest absolute Gasteiger partial charge is 0.478 e. The minimum atomic E-state index is -1.24. The van der Waals surface area contributed by atoms with Crippen molar-refractivity contribution in [1.29, 1.82) is 0 Å². The lowest BCUT2D eigenvalue weighted by atomic mass is 10.0. The number of aromatic carboxylic acids is 1. The summed E-state index contributed by atoms with van der Waals surface area (Å²) >= 11 is 6.10. The fourth-order valence-corrected chi connectivity index (χ4v) is 2.81. The van der Waals surface area contributed by atoms with Gasteiger partial charge in [-0.05, 0) is 12.8 Å². The highest BCUT2D eigenvalue weighted by atomic mass is 35.5. The maximum Gasteiger partial charge on any atom is 0.338 e. The SMILES string of the molecule is CN(c1c(Cl)cc([N+](=O)[O-])cc1C(=O)O)C1CCOCC1. The van der Waals surface area contributed by atoms with E-state index in [-0.39, 0.29) is 22.3 Å². The van der Waals surface area contributed by atoms with Crippen molar-refractivity contribution in [3.8, 4) is 0 Å². The molecule has 114 valence electrons. The van der Waals surface area contributed by atoms with Crippen LogP contribution in [-0.2, 0) is 4.74 Å². The van der Waals surface area contributed by atoms with Gasteiger partial charge in [-0.2, -0.15) is 0 Å². The van der Waals surface area contributed by atoms with Crippen LogP contribution in [0.1, 0.15) is 23.2 Å². The smallest absolute Gasteiger partial charge is 0.338 e. The first-order chi connectivity index (χ1) is 9.91. The molecule has 1 aliphatic rings. The molecule has 8 heteroatoms. The number of rotatable bonds is 4. The van der Waals surface area contributed by atoms with Crippen LogP contribution in [-0.4, -0.2) is 42.3 Å². The van der Waals surface area contributed by atoms with Gasteiger partial charge in [0.25, 0.3) is 5.69 Å². The van der Waals surface area contributed by atoms with Crippen molar-refractivity contribution in [2.24, 2.45) is 0 Å². The van der Waals surface area contributed by atoms with Crippen LogP contribution in [0.2, 0.25) is 5.02 Å². The summed E-state index contributed by atoms with van der Waals surface area (Å²) in [7, 11) is 1.75. The fraction of sp³-hybridized carbons (Fsp3) is 0.462. The van der Waals surface area contributed by atoms with Crippen LogP contribution in [0.15, 0.2) is 12.1 Å². The molecule has 1 saturated heterocycles. The number of halogens is 1. The van der Waals surface area contributed by atoms with E-state index in [1.54, 1.807) is 11.9 Å². The van der Waals surface area contributed by atoms with Crippen molar-refractivity contribution in [2.75, 3.05) is 25.2 Å². The zero-order valence-electron chi connectivity index (χ0n) is 11.4. The van der Waals surface area contributed by atoms with E-state index >= 15 is 0 Å². The Bertz CT molecular complexity index is 572. The van der Waals surface area contributed by atoms with Gasteiger partial charge >= 0.3 is 5.97 Å². The van der Waals surface area contributed by atoms with E-state index < -0.39 is 10.9 Å². The van der Waals surface area contributed by atoms with Crippen LogP contribution in [0.25, 0.3) is 0 Å². The van der Waals surface area contributed by atoms with Crippen molar-refractivity contribution in [1.82, 2.24) is 0 Å². The summed E-state index contributed by atoms with van der Waals surface area (Å²) < 4.78 is 5.28. The van der Waals surface area contributed by atoms with Crippen LogP contribution >= 0.6 is 11.6 Å². The molecular formula is C13H15ClN2O5. The van der Waals surface area contributed by atoms with Gasteiger partial charge in [-0.1, -0.05) is 11.6 Å². The average Bonchev–Trinajstić information content (AvgIpc) is 2.46. The lowest BCUT2D eigenvalue weighted by Gasteiger charge is -2.34. The van der Waals surface area contributed by atoms with Crippen molar-refractivity contribution in [2.45, 2.75) is 18.9 Å². The molecule has 0 bridgehead atoms. The van der Waals surface area contributed by atoms with E-state index in [0.29, 0.717) is 18.9 Å². The topological polar surface area (TPSA) is 92.9 Å². The third kappa shape index (κ3) is 3.25. The highest BCUT2D eigenvalue weighted by molar-refractivity contribution is 6.34. The van der Waals surface area contributed by atoms with Crippen molar-refractivity contribution in [3.63, 3.8) is 0 Å². The molecule has 0 amide bonds. The first kappa shape index (κ1) is 15.5. The highest BCUT2D eigenvalue weighted by Gasteiger charge is 2.27. The number of benzene rings is 1. The Hall–Kier alpha value is -1.86. The zero-order chi connectivity index (χ0) is 15.6. The molecule has 1 N–H and O–H groups in total. The number of non-ortho nitro benzene ring substituents is 1. The van der Waals surface area contributed by atoms with Crippen LogP contribution in [0.4, 0.5) is 11.4 Å². The summed E-state index contributed by atoms with van der Waals surface area (Å²) in [6, 6.07) is 2.31. The molecule has 0 saturated carbocycles. The van der Waals surface area contributed by atoms with Crippen LogP contribution in [0.5, 0.6) is 0 Å². The molecule has 0 aromatic heterocycles. The number of nitro groups is 1. The Labute approximate surface area is 126 Å². The third-order valence-corrected chi connectivity index (χ3v) is 3.87. The van der Waals surface area contributed by atoms with Crippen molar-refractivity contribution >= 4 is 28.9 Å². The maximum atomic E-state index is 11.4. The van der Waals surface area contributed by atoms with Gasteiger partial charge in [0.1, 0.15) is 0 Å². The molecule has 0 aliphatic carbocycles. The number of anilines is 1. The summed E-state index contributed by atoms with van der Waals surface area (Å²) in [4.78, 5) is 23.4. The third-order valence-electron chi connectivity index (χ3n) is 3.58. The zero-order valence-corrected chi connectivity index (χ0v) is 12.2. The molecule has 1 aliphatic heterocycles. The van der Waals surface area contributed by atoms with E-state index in [9.17, 15) is 20.0 Å². The van der Waals surface area contributed by atoms with Gasteiger partial charge in [-0.25, -0.2) is 4.79 Å². The second-order valence-corrected chi connectivity index (χ2v) is 5.25. The Morgan fingerprint density at radius 2 is 2.10 bits per heavy atom. The van der Waals surface area contributed by atoms with Gasteiger partial charge < -0.3 is 14.7 Å². The second kappa shape index (κ2) is 6.28. The molecule has 1 fully saturated rings. The maximum absolute atomic E-state index is 11.4. The summed E-state index contributed by atoms with van der Waals surface area (Å²) in [5, 5.41) is 20.2. The predicted molar refractivity (Wildman–Crippen MR) is 77.3 cm³/mol. The van der Waals surface area contributed by atoms with E-state index in [1.807, 2.05) is 0 Å². The molecule has 0 spiro atoms. The quantitative estimate of drug-likeness (QED) is 0.678. The first-order valence-corrected chi connectivity index (χ1v) is 6.81. The molecule has 2 rings (SSSR count). The summed E-state index contributed by atoms with van der Waals surface area (Å²) in [6.45, 7) is 1.20. The van der Waals surface area contributed by atoms with Crippen LogP contribution in [0, 0.1) is 10.1 Å². The number of ether oxygens (including phenoxy) is 1. The molecule has 21 heavy (non-hydrogen) atoms. The lowest BCUT2D eigenvalue weighted by Crippen LogP contribution is -2.37. The minimum Gasteiger partial charge on any atom is -0.478 e. The molecule has 1 aromatic carbocycles. The van der Waals surface area contributed by atoms with Gasteiger partial charge in [0.15, 0.2) is 0 Å². The Morgan fingerprint density at radius 3 is 2.62 bits per heavy atom. The van der Waals surface area contributed by atoms with Gasteiger partial charge in [-0.15, -0.1) is 0 Å². The molecule has 1 heterocycles. The monoisotopic (exact) mass is 314 g/mol. The Balaban J connectivity index is 2.45. The summed E-state index contributed by atoms with van der Waals surface area (Å²) in [5.41, 5.74) is -0.189. The summed E-state index contributed by atoms with van der Waals surface area (Å²) in [5.74, 6) is -1.24. The van der Waals surface area contributed by atoms with Crippen molar-refractivity contribution in [3.05, 3.63) is 32.8 Å². The van der Waals surface area contributed by atoms with Crippen LogP contribution in [0.3, 0.4) is 0 Å². The Kier molecular flexibility index (Phi) is 4.64. The molecule has 7 nitrogen and oxygen atoms in total. The second-order valence-electron chi connectivity index (χ2n) is 4.84. The number of hydrogen-bond acceptors (Lipinski definition) is 5. The predicted octanol–water partition coefficient (Wildman–Crippen LogP) is 2.56. The summed E-state index contributed by atoms with van der Waals surface area (Å²) in [6.07, 6.45) is 1.51.